The summed E-state index contributed by atoms with van der Waals surface area (Å²) in [5, 5.41) is 20.3. The molecule has 1 aromatic heterocycles. The van der Waals surface area contributed by atoms with E-state index in [4.69, 9.17) is 5.11 Å². The summed E-state index contributed by atoms with van der Waals surface area (Å²) in [4.78, 5) is 23.6. The quantitative estimate of drug-likeness (QED) is 0.397. The van der Waals surface area contributed by atoms with Crippen molar-refractivity contribution in [2.45, 2.75) is 57.2 Å². The Labute approximate surface area is 174 Å². The zero-order chi connectivity index (χ0) is 20.8. The molecule has 1 saturated carbocycles. The number of hydrogen-bond donors (Lipinski definition) is 2. The molecule has 2 N–H and O–H groups in total. The molecule has 0 aliphatic heterocycles. The second-order valence-electron chi connectivity index (χ2n) is 7.73. The standard InChI is InChI=1S/C23H27FO4S/c24-18-14-20(26)17(8-3-1-2-4-10-23(27)28)16(18)11-12-19(25)22-13-15-7-5-6-9-21(15)29-22/h1,3,5-7,9,13,16-19,25H,2,4,8,10-12,14H2,(H,27,28)/b3-1-/t16-,17-,18-,19-/m1/s1. The van der Waals surface area contributed by atoms with Crippen molar-refractivity contribution < 1.29 is 24.2 Å². The van der Waals surface area contributed by atoms with Crippen molar-refractivity contribution in [3.63, 3.8) is 0 Å². The van der Waals surface area contributed by atoms with Crippen LogP contribution in [-0.2, 0) is 9.59 Å². The number of aliphatic hydroxyl groups is 1. The number of unbranched alkanes of at least 4 members (excludes halogenated alkanes) is 1. The van der Waals surface area contributed by atoms with Crippen LogP contribution in [0.3, 0.4) is 0 Å². The molecule has 3 rings (SSSR count). The monoisotopic (exact) mass is 418 g/mol. The summed E-state index contributed by atoms with van der Waals surface area (Å²) in [6.45, 7) is 0. The number of carbonyl (C=O) groups is 2. The molecule has 0 unspecified atom stereocenters. The molecule has 1 aliphatic carbocycles. The van der Waals surface area contributed by atoms with E-state index >= 15 is 0 Å². The number of Topliss-reactive ketones (excluding diaryl/α,β-unsaturated/α-hetero) is 1. The second-order valence-corrected chi connectivity index (χ2v) is 8.84. The van der Waals surface area contributed by atoms with Crippen molar-refractivity contribution in [1.29, 1.82) is 0 Å². The van der Waals surface area contributed by atoms with Gasteiger partial charge in [0.05, 0.1) is 6.10 Å². The van der Waals surface area contributed by atoms with E-state index in [0.717, 1.165) is 15.0 Å². The summed E-state index contributed by atoms with van der Waals surface area (Å²) in [5.41, 5.74) is 0. The van der Waals surface area contributed by atoms with Gasteiger partial charge in [-0.1, -0.05) is 30.4 Å². The van der Waals surface area contributed by atoms with Crippen LogP contribution < -0.4 is 0 Å². The molecular formula is C23H27FO4S. The van der Waals surface area contributed by atoms with Gasteiger partial charge in [-0.15, -0.1) is 11.3 Å². The number of aliphatic carboxylic acids is 1. The Bertz CT molecular complexity index is 842. The molecule has 0 bridgehead atoms. The van der Waals surface area contributed by atoms with Crippen LogP contribution in [0, 0.1) is 11.8 Å². The molecule has 0 amide bonds. The number of halogens is 1. The number of fused-ring (bicyclic) bond motifs is 1. The zero-order valence-corrected chi connectivity index (χ0v) is 17.1. The maximum Gasteiger partial charge on any atom is 0.303 e. The van der Waals surface area contributed by atoms with E-state index in [0.29, 0.717) is 32.1 Å². The van der Waals surface area contributed by atoms with Gasteiger partial charge in [0.15, 0.2) is 0 Å². The van der Waals surface area contributed by atoms with Crippen molar-refractivity contribution in [3.8, 4) is 0 Å². The van der Waals surface area contributed by atoms with Crippen molar-refractivity contribution >= 4 is 33.2 Å². The van der Waals surface area contributed by atoms with Gasteiger partial charge >= 0.3 is 5.97 Å². The zero-order valence-electron chi connectivity index (χ0n) is 16.3. The summed E-state index contributed by atoms with van der Waals surface area (Å²) < 4.78 is 15.6. The Hall–Kier alpha value is -2.05. The number of aliphatic hydroxyl groups excluding tert-OH is 1. The molecule has 2 aromatic rings. The van der Waals surface area contributed by atoms with Gasteiger partial charge in [-0.3, -0.25) is 9.59 Å². The van der Waals surface area contributed by atoms with Gasteiger partial charge in [-0.25, -0.2) is 4.39 Å². The van der Waals surface area contributed by atoms with Crippen LogP contribution >= 0.6 is 11.3 Å². The summed E-state index contributed by atoms with van der Waals surface area (Å²) in [6.07, 6.45) is 4.62. The number of rotatable bonds is 10. The lowest BCUT2D eigenvalue weighted by atomic mass is 9.87. The second kappa shape index (κ2) is 10.1. The molecule has 1 fully saturated rings. The molecule has 156 valence electrons. The number of carbonyl (C=O) groups excluding carboxylic acids is 1. The minimum absolute atomic E-state index is 0.0405. The molecule has 1 aliphatic rings. The number of carboxylic acids is 1. The van der Waals surface area contributed by atoms with Crippen LogP contribution in [0.1, 0.15) is 55.9 Å². The predicted molar refractivity (Wildman–Crippen MR) is 113 cm³/mol. The van der Waals surface area contributed by atoms with Gasteiger partial charge in [0, 0.05) is 34.3 Å². The minimum atomic E-state index is -1.15. The molecule has 1 heterocycles. The highest BCUT2D eigenvalue weighted by atomic mass is 32.1. The van der Waals surface area contributed by atoms with Gasteiger partial charge in [-0.2, -0.15) is 0 Å². The van der Waals surface area contributed by atoms with Crippen molar-refractivity contribution in [2.75, 3.05) is 0 Å². The van der Waals surface area contributed by atoms with Crippen molar-refractivity contribution in [3.05, 3.63) is 47.4 Å². The predicted octanol–water partition coefficient (Wildman–Crippen LogP) is 5.46. The van der Waals surface area contributed by atoms with Crippen LogP contribution in [0.4, 0.5) is 4.39 Å². The maximum absolute atomic E-state index is 14.4. The number of thiophene rings is 1. The topological polar surface area (TPSA) is 74.6 Å². The first-order chi connectivity index (χ1) is 14.0. The molecule has 6 heteroatoms. The Morgan fingerprint density at radius 1 is 1.31 bits per heavy atom. The van der Waals surface area contributed by atoms with Gasteiger partial charge in [0.2, 0.25) is 0 Å². The van der Waals surface area contributed by atoms with Gasteiger partial charge < -0.3 is 10.2 Å². The van der Waals surface area contributed by atoms with E-state index in [-0.39, 0.29) is 30.5 Å². The largest absolute Gasteiger partial charge is 0.481 e. The first-order valence-corrected chi connectivity index (χ1v) is 11.0. The van der Waals surface area contributed by atoms with Crippen molar-refractivity contribution in [1.82, 2.24) is 0 Å². The van der Waals surface area contributed by atoms with E-state index in [1.807, 2.05) is 42.5 Å². The Morgan fingerprint density at radius 2 is 2.10 bits per heavy atom. The van der Waals surface area contributed by atoms with E-state index in [1.54, 1.807) is 11.3 Å². The average Bonchev–Trinajstić information content (AvgIpc) is 3.23. The SMILES string of the molecule is O=C(O)CCC/C=C\C[C@H]1C(=O)C[C@@H](F)[C@@H]1CC[C@@H](O)c1cc2ccccc2s1. The van der Waals surface area contributed by atoms with E-state index < -0.39 is 18.2 Å². The third-order valence-corrected chi connectivity index (χ3v) is 6.87. The minimum Gasteiger partial charge on any atom is -0.481 e. The molecule has 29 heavy (non-hydrogen) atoms. The Balaban J connectivity index is 1.53. The van der Waals surface area contributed by atoms with Crippen LogP contribution in [0.15, 0.2) is 42.5 Å². The van der Waals surface area contributed by atoms with Crippen molar-refractivity contribution in [2.24, 2.45) is 11.8 Å². The number of allylic oxidation sites excluding steroid dienone is 2. The molecule has 0 saturated heterocycles. The molecular weight excluding hydrogens is 391 g/mol. The summed E-state index contributed by atoms with van der Waals surface area (Å²) in [7, 11) is 0. The Morgan fingerprint density at radius 3 is 2.86 bits per heavy atom. The fourth-order valence-corrected chi connectivity index (χ4v) is 5.15. The molecule has 0 radical (unpaired) electrons. The molecule has 1 aromatic carbocycles. The highest BCUT2D eigenvalue weighted by molar-refractivity contribution is 7.19. The number of carboxylic acid groups (broad SMARTS) is 1. The van der Waals surface area contributed by atoms with Crippen LogP contribution in [0.25, 0.3) is 10.1 Å². The number of benzene rings is 1. The van der Waals surface area contributed by atoms with Crippen LogP contribution in [0.2, 0.25) is 0 Å². The maximum atomic E-state index is 14.4. The van der Waals surface area contributed by atoms with E-state index in [1.165, 1.54) is 0 Å². The highest BCUT2D eigenvalue weighted by Gasteiger charge is 2.41. The number of hydrogen-bond acceptors (Lipinski definition) is 4. The van der Waals surface area contributed by atoms with Crippen LogP contribution in [0.5, 0.6) is 0 Å². The van der Waals surface area contributed by atoms with Crippen LogP contribution in [-0.4, -0.2) is 28.1 Å². The lowest BCUT2D eigenvalue weighted by molar-refractivity contribution is -0.137. The summed E-state index contributed by atoms with van der Waals surface area (Å²) >= 11 is 1.55. The van der Waals surface area contributed by atoms with Gasteiger partial charge in [0.1, 0.15) is 12.0 Å². The first-order valence-electron chi connectivity index (χ1n) is 10.2. The Kier molecular flexibility index (Phi) is 7.56. The third-order valence-electron chi connectivity index (χ3n) is 5.66. The lowest BCUT2D eigenvalue weighted by Crippen LogP contribution is -2.19. The fourth-order valence-electron chi connectivity index (χ4n) is 4.07. The normalized spacial score (nSPS) is 23.2. The van der Waals surface area contributed by atoms with E-state index in [9.17, 15) is 19.1 Å². The first kappa shape index (κ1) is 21.7. The van der Waals surface area contributed by atoms with E-state index in [2.05, 4.69) is 0 Å². The van der Waals surface area contributed by atoms with Gasteiger partial charge in [0.25, 0.3) is 0 Å². The highest BCUT2D eigenvalue weighted by Crippen LogP contribution is 2.40. The van der Waals surface area contributed by atoms with Gasteiger partial charge in [-0.05, 0) is 49.6 Å². The smallest absolute Gasteiger partial charge is 0.303 e. The lowest BCUT2D eigenvalue weighted by Gasteiger charge is -2.20. The summed E-state index contributed by atoms with van der Waals surface area (Å²) in [6, 6.07) is 9.93. The molecule has 4 atom stereocenters. The molecule has 4 nitrogen and oxygen atoms in total. The summed E-state index contributed by atoms with van der Waals surface area (Å²) in [5.74, 6) is -1.58. The fraction of sp³-hybridized carbons (Fsp3) is 0.478. The average molecular weight is 419 g/mol. The number of alkyl halides is 1. The number of ketones is 1. The molecule has 0 spiro atoms. The third kappa shape index (κ3) is 5.73.